The zero-order valence-corrected chi connectivity index (χ0v) is 8.86. The van der Waals surface area contributed by atoms with E-state index in [2.05, 4.69) is 4.98 Å². The van der Waals surface area contributed by atoms with Crippen LogP contribution in [0.3, 0.4) is 0 Å². The second-order valence-electron chi connectivity index (χ2n) is 4.37. The van der Waals surface area contributed by atoms with Crippen LogP contribution >= 0.6 is 0 Å². The zero-order valence-electron chi connectivity index (χ0n) is 8.86. The first-order valence-electron chi connectivity index (χ1n) is 4.86. The van der Waals surface area contributed by atoms with Crippen LogP contribution in [0.2, 0.25) is 0 Å². The van der Waals surface area contributed by atoms with Gasteiger partial charge in [-0.1, -0.05) is 0 Å². The van der Waals surface area contributed by atoms with Gasteiger partial charge in [0.05, 0.1) is 11.1 Å². The number of carboxylic acids is 1. The molecule has 0 amide bonds. The summed E-state index contributed by atoms with van der Waals surface area (Å²) >= 11 is 0. The maximum atomic E-state index is 10.8. The Morgan fingerprint density at radius 3 is 2.87 bits per heavy atom. The average Bonchev–Trinajstić information content (AvgIpc) is 2.48. The molecule has 2 heterocycles. The van der Waals surface area contributed by atoms with E-state index in [1.807, 2.05) is 4.90 Å². The van der Waals surface area contributed by atoms with Crippen molar-refractivity contribution in [1.29, 1.82) is 0 Å². The predicted octanol–water partition coefficient (Wildman–Crippen LogP) is 0.890. The highest BCUT2D eigenvalue weighted by atomic mass is 16.4. The van der Waals surface area contributed by atoms with Crippen LogP contribution in [0.4, 0.5) is 0 Å². The molecule has 0 spiro atoms. The van der Waals surface area contributed by atoms with E-state index >= 15 is 0 Å². The number of likely N-dealkylation sites (tertiary alicyclic amines) is 1. The molecule has 0 saturated carbocycles. The van der Waals surface area contributed by atoms with Crippen LogP contribution < -0.4 is 0 Å². The number of carbonyl (C=O) groups is 1. The summed E-state index contributed by atoms with van der Waals surface area (Å²) in [5.41, 5.74) is 0.277. The van der Waals surface area contributed by atoms with Gasteiger partial charge < -0.3 is 9.52 Å². The number of rotatable bonds is 3. The molecule has 5 heteroatoms. The van der Waals surface area contributed by atoms with Crippen LogP contribution in [-0.4, -0.2) is 34.0 Å². The highest BCUT2D eigenvalue weighted by molar-refractivity contribution is 5.76. The maximum Gasteiger partial charge on any atom is 0.311 e. The molecule has 0 aliphatic carbocycles. The minimum absolute atomic E-state index is 0.578. The predicted molar refractivity (Wildman–Crippen MR) is 52.3 cm³/mol. The Labute approximate surface area is 87.7 Å². The first-order valence-corrected chi connectivity index (χ1v) is 4.86. The minimum atomic E-state index is -0.727. The van der Waals surface area contributed by atoms with Gasteiger partial charge in [-0.05, 0) is 6.92 Å². The molecule has 1 aromatic heterocycles. The highest BCUT2D eigenvalue weighted by Crippen LogP contribution is 2.30. The molecular formula is C10H14N2O3. The lowest BCUT2D eigenvalue weighted by Crippen LogP contribution is -2.58. The molecule has 0 bridgehead atoms. The molecule has 1 aromatic rings. The number of aryl methyl sites for hydroxylation is 1. The molecule has 0 atom stereocenters. The van der Waals surface area contributed by atoms with Gasteiger partial charge in [0.1, 0.15) is 6.26 Å². The van der Waals surface area contributed by atoms with E-state index in [0.717, 1.165) is 5.69 Å². The van der Waals surface area contributed by atoms with Crippen LogP contribution in [0.5, 0.6) is 0 Å². The lowest BCUT2D eigenvalue weighted by molar-refractivity contribution is -0.159. The Balaban J connectivity index is 1.88. The Kier molecular flexibility index (Phi) is 2.26. The zero-order chi connectivity index (χ0) is 11.1. The molecule has 0 aromatic carbocycles. The van der Waals surface area contributed by atoms with Gasteiger partial charge in [0.15, 0.2) is 5.89 Å². The fourth-order valence-corrected chi connectivity index (χ4v) is 1.90. The molecule has 1 aliphatic rings. The third-order valence-corrected chi connectivity index (χ3v) is 2.71. The van der Waals surface area contributed by atoms with Crippen molar-refractivity contribution >= 4 is 5.97 Å². The fraction of sp³-hybridized carbons (Fsp3) is 0.600. The lowest BCUT2D eigenvalue weighted by atomic mass is 9.82. The van der Waals surface area contributed by atoms with E-state index in [9.17, 15) is 4.79 Å². The molecule has 1 saturated heterocycles. The van der Waals surface area contributed by atoms with E-state index in [-0.39, 0.29) is 0 Å². The van der Waals surface area contributed by atoms with Crippen LogP contribution in [0.1, 0.15) is 18.5 Å². The molecule has 5 nitrogen and oxygen atoms in total. The molecule has 0 radical (unpaired) electrons. The van der Waals surface area contributed by atoms with Gasteiger partial charge in [0.25, 0.3) is 0 Å². The van der Waals surface area contributed by atoms with Crippen molar-refractivity contribution in [3.05, 3.63) is 17.8 Å². The Hall–Kier alpha value is -1.36. The Morgan fingerprint density at radius 1 is 1.73 bits per heavy atom. The number of hydrogen-bond donors (Lipinski definition) is 1. The third-order valence-electron chi connectivity index (χ3n) is 2.71. The van der Waals surface area contributed by atoms with Gasteiger partial charge in [0, 0.05) is 26.6 Å². The Bertz CT molecular complexity index is 380. The van der Waals surface area contributed by atoms with E-state index in [0.29, 0.717) is 25.5 Å². The van der Waals surface area contributed by atoms with E-state index in [1.54, 1.807) is 20.1 Å². The van der Waals surface area contributed by atoms with Crippen LogP contribution in [0.15, 0.2) is 10.7 Å². The number of oxazole rings is 1. The van der Waals surface area contributed by atoms with Crippen molar-refractivity contribution < 1.29 is 14.3 Å². The molecule has 1 aliphatic heterocycles. The highest BCUT2D eigenvalue weighted by Gasteiger charge is 2.45. The molecular weight excluding hydrogens is 196 g/mol. The van der Waals surface area contributed by atoms with Gasteiger partial charge in [-0.15, -0.1) is 0 Å². The second-order valence-corrected chi connectivity index (χ2v) is 4.37. The van der Waals surface area contributed by atoms with Crippen molar-refractivity contribution in [1.82, 2.24) is 9.88 Å². The maximum absolute atomic E-state index is 10.8. The van der Waals surface area contributed by atoms with Crippen LogP contribution in [0.25, 0.3) is 0 Å². The van der Waals surface area contributed by atoms with Gasteiger partial charge in [-0.25, -0.2) is 4.98 Å². The summed E-state index contributed by atoms with van der Waals surface area (Å²) < 4.78 is 5.08. The largest absolute Gasteiger partial charge is 0.481 e. The van der Waals surface area contributed by atoms with Gasteiger partial charge >= 0.3 is 5.97 Å². The molecule has 15 heavy (non-hydrogen) atoms. The first kappa shape index (κ1) is 10.2. The molecule has 2 rings (SSSR count). The van der Waals surface area contributed by atoms with Crippen molar-refractivity contribution in [3.8, 4) is 0 Å². The third kappa shape index (κ3) is 1.87. The summed E-state index contributed by atoms with van der Waals surface area (Å²) in [6.07, 6.45) is 1.62. The summed E-state index contributed by atoms with van der Waals surface area (Å²) in [6, 6.07) is 0. The van der Waals surface area contributed by atoms with Gasteiger partial charge in [-0.3, -0.25) is 9.69 Å². The van der Waals surface area contributed by atoms with E-state index in [4.69, 9.17) is 9.52 Å². The summed E-state index contributed by atoms with van der Waals surface area (Å²) in [5.74, 6) is -0.0818. The Morgan fingerprint density at radius 2 is 2.40 bits per heavy atom. The minimum Gasteiger partial charge on any atom is -0.481 e. The van der Waals surface area contributed by atoms with Crippen LogP contribution in [0, 0.1) is 12.3 Å². The van der Waals surface area contributed by atoms with Gasteiger partial charge in [-0.2, -0.15) is 0 Å². The standard InChI is InChI=1S/C10H14N2O3/c1-7-11-8(4-15-7)3-12-5-10(2,6-12)9(13)14/h4H,3,5-6H2,1-2H3,(H,13,14). The van der Waals surface area contributed by atoms with Crippen molar-refractivity contribution in [2.75, 3.05) is 13.1 Å². The normalized spacial score (nSPS) is 19.9. The fourth-order valence-electron chi connectivity index (χ4n) is 1.90. The summed E-state index contributed by atoms with van der Waals surface area (Å²) in [7, 11) is 0. The molecule has 82 valence electrons. The van der Waals surface area contributed by atoms with Crippen molar-refractivity contribution in [3.63, 3.8) is 0 Å². The number of aliphatic carboxylic acids is 1. The number of hydrogen-bond acceptors (Lipinski definition) is 4. The monoisotopic (exact) mass is 210 g/mol. The molecule has 1 fully saturated rings. The molecule has 0 unspecified atom stereocenters. The van der Waals surface area contributed by atoms with Crippen molar-refractivity contribution in [2.24, 2.45) is 5.41 Å². The summed E-state index contributed by atoms with van der Waals surface area (Å²) in [4.78, 5) is 17.1. The van der Waals surface area contributed by atoms with Crippen molar-refractivity contribution in [2.45, 2.75) is 20.4 Å². The average molecular weight is 210 g/mol. The number of carboxylic acid groups (broad SMARTS) is 1. The number of nitrogens with zero attached hydrogens (tertiary/aromatic N) is 2. The SMILES string of the molecule is Cc1nc(CN2CC(C)(C(=O)O)C2)co1. The van der Waals surface area contributed by atoms with E-state index in [1.165, 1.54) is 0 Å². The van der Waals surface area contributed by atoms with Crippen LogP contribution in [-0.2, 0) is 11.3 Å². The lowest BCUT2D eigenvalue weighted by Gasteiger charge is -2.44. The number of aromatic nitrogens is 1. The summed E-state index contributed by atoms with van der Waals surface area (Å²) in [6.45, 7) is 5.38. The second kappa shape index (κ2) is 3.34. The quantitative estimate of drug-likeness (QED) is 0.802. The topological polar surface area (TPSA) is 66.6 Å². The molecule has 1 N–H and O–H groups in total. The first-order chi connectivity index (χ1) is 6.99. The van der Waals surface area contributed by atoms with Gasteiger partial charge in [0.2, 0.25) is 0 Å². The van der Waals surface area contributed by atoms with E-state index < -0.39 is 11.4 Å². The summed E-state index contributed by atoms with van der Waals surface area (Å²) in [5, 5.41) is 8.92. The smallest absolute Gasteiger partial charge is 0.311 e.